The number of rotatable bonds is 9. The zero-order valence-electron chi connectivity index (χ0n) is 18.5. The number of methoxy groups -OCH3 is 2. The average molecular weight is 409 g/mol. The summed E-state index contributed by atoms with van der Waals surface area (Å²) in [6, 6.07) is 12.2. The fourth-order valence-corrected chi connectivity index (χ4v) is 3.97. The summed E-state index contributed by atoms with van der Waals surface area (Å²) < 4.78 is 11.2. The summed E-state index contributed by atoms with van der Waals surface area (Å²) in [6.45, 7) is 7.00. The van der Waals surface area contributed by atoms with Crippen LogP contribution in [0.25, 0.3) is 10.9 Å². The second kappa shape index (κ2) is 9.70. The van der Waals surface area contributed by atoms with Gasteiger partial charge in [-0.05, 0) is 29.5 Å². The van der Waals surface area contributed by atoms with Crippen molar-refractivity contribution in [2.24, 2.45) is 5.92 Å². The van der Waals surface area contributed by atoms with Crippen LogP contribution in [-0.4, -0.2) is 31.7 Å². The van der Waals surface area contributed by atoms with Gasteiger partial charge in [0, 0.05) is 41.5 Å². The van der Waals surface area contributed by atoms with Crippen molar-refractivity contribution in [3.05, 3.63) is 59.3 Å². The monoisotopic (exact) mass is 408 g/mol. The van der Waals surface area contributed by atoms with E-state index in [1.807, 2.05) is 24.4 Å². The molecule has 1 atom stereocenters. The molecule has 0 fully saturated rings. The SMILES string of the molecule is CCc1cccc2c(C(CC(=O)NCC(C)C)c3cccc(OC)c3OC)c[nH]c12. The van der Waals surface area contributed by atoms with E-state index in [9.17, 15) is 4.79 Å². The smallest absolute Gasteiger partial charge is 0.220 e. The third-order valence-electron chi connectivity index (χ3n) is 5.50. The molecule has 30 heavy (non-hydrogen) atoms. The first-order chi connectivity index (χ1) is 14.5. The summed E-state index contributed by atoms with van der Waals surface area (Å²) in [6.07, 6.45) is 3.31. The van der Waals surface area contributed by atoms with Gasteiger partial charge in [-0.3, -0.25) is 4.79 Å². The Morgan fingerprint density at radius 2 is 1.83 bits per heavy atom. The number of H-pyrrole nitrogens is 1. The van der Waals surface area contributed by atoms with E-state index in [1.165, 1.54) is 5.56 Å². The van der Waals surface area contributed by atoms with Gasteiger partial charge in [-0.2, -0.15) is 0 Å². The minimum absolute atomic E-state index is 0.0274. The van der Waals surface area contributed by atoms with Gasteiger partial charge in [0.1, 0.15) is 0 Å². The van der Waals surface area contributed by atoms with Crippen LogP contribution in [0.15, 0.2) is 42.6 Å². The van der Waals surface area contributed by atoms with Gasteiger partial charge in [0.2, 0.25) is 5.91 Å². The zero-order chi connectivity index (χ0) is 21.7. The maximum Gasteiger partial charge on any atom is 0.220 e. The standard InChI is InChI=1S/C25H32N2O3/c1-6-17-9-7-10-18-21(15-27-24(17)18)20(13-23(28)26-14-16(2)3)19-11-8-12-22(29-4)25(19)30-5/h7-12,15-16,20,27H,6,13-14H2,1-5H3,(H,26,28). The highest BCUT2D eigenvalue weighted by Crippen LogP contribution is 2.42. The summed E-state index contributed by atoms with van der Waals surface area (Å²) in [4.78, 5) is 16.3. The molecule has 5 nitrogen and oxygen atoms in total. The molecule has 1 amide bonds. The predicted molar refractivity (Wildman–Crippen MR) is 122 cm³/mol. The van der Waals surface area contributed by atoms with Crippen LogP contribution < -0.4 is 14.8 Å². The van der Waals surface area contributed by atoms with Crippen LogP contribution in [0, 0.1) is 5.92 Å². The van der Waals surface area contributed by atoms with Crippen molar-refractivity contribution in [3.8, 4) is 11.5 Å². The van der Waals surface area contributed by atoms with Crippen LogP contribution in [0.1, 0.15) is 49.8 Å². The molecule has 0 saturated carbocycles. The number of nitrogens with one attached hydrogen (secondary N) is 2. The van der Waals surface area contributed by atoms with Gasteiger partial charge in [-0.25, -0.2) is 0 Å². The Bertz CT molecular complexity index is 1010. The number of hydrogen-bond donors (Lipinski definition) is 2. The molecule has 2 N–H and O–H groups in total. The summed E-state index contributed by atoms with van der Waals surface area (Å²) in [7, 11) is 3.27. The van der Waals surface area contributed by atoms with Crippen molar-refractivity contribution in [1.29, 1.82) is 0 Å². The summed E-state index contributed by atoms with van der Waals surface area (Å²) >= 11 is 0. The molecule has 0 spiro atoms. The van der Waals surface area contributed by atoms with E-state index in [0.29, 0.717) is 30.4 Å². The number of ether oxygens (including phenoxy) is 2. The number of para-hydroxylation sites is 2. The number of aromatic amines is 1. The van der Waals surface area contributed by atoms with Gasteiger partial charge in [-0.1, -0.05) is 51.1 Å². The Balaban J connectivity index is 2.11. The largest absolute Gasteiger partial charge is 0.493 e. The molecular weight excluding hydrogens is 376 g/mol. The van der Waals surface area contributed by atoms with Crippen LogP contribution in [0.4, 0.5) is 0 Å². The quantitative estimate of drug-likeness (QED) is 0.521. The van der Waals surface area contributed by atoms with Crippen LogP contribution in [-0.2, 0) is 11.2 Å². The molecule has 3 aromatic rings. The fourth-order valence-electron chi connectivity index (χ4n) is 3.97. The molecule has 0 saturated heterocycles. The lowest BCUT2D eigenvalue weighted by atomic mass is 9.86. The highest BCUT2D eigenvalue weighted by Gasteiger charge is 2.26. The van der Waals surface area contributed by atoms with E-state index in [4.69, 9.17) is 9.47 Å². The van der Waals surface area contributed by atoms with Gasteiger partial charge < -0.3 is 19.8 Å². The average Bonchev–Trinajstić information content (AvgIpc) is 3.19. The van der Waals surface area contributed by atoms with Gasteiger partial charge in [0.05, 0.1) is 14.2 Å². The van der Waals surface area contributed by atoms with Crippen LogP contribution in [0.2, 0.25) is 0 Å². The molecule has 3 rings (SSSR count). The van der Waals surface area contributed by atoms with Crippen molar-refractivity contribution in [1.82, 2.24) is 10.3 Å². The maximum atomic E-state index is 12.8. The van der Waals surface area contributed by atoms with E-state index in [0.717, 1.165) is 28.5 Å². The summed E-state index contributed by atoms with van der Waals surface area (Å²) in [5, 5.41) is 4.20. The molecule has 5 heteroatoms. The summed E-state index contributed by atoms with van der Waals surface area (Å²) in [5.41, 5.74) is 4.43. The lowest BCUT2D eigenvalue weighted by Crippen LogP contribution is -2.28. The van der Waals surface area contributed by atoms with Crippen molar-refractivity contribution in [2.45, 2.75) is 39.5 Å². The van der Waals surface area contributed by atoms with Gasteiger partial charge in [0.15, 0.2) is 11.5 Å². The van der Waals surface area contributed by atoms with Crippen molar-refractivity contribution >= 4 is 16.8 Å². The Labute approximate surface area is 178 Å². The lowest BCUT2D eigenvalue weighted by Gasteiger charge is -2.21. The number of benzene rings is 2. The molecule has 0 radical (unpaired) electrons. The molecule has 0 aliphatic carbocycles. The van der Waals surface area contributed by atoms with Crippen molar-refractivity contribution < 1.29 is 14.3 Å². The normalized spacial score (nSPS) is 12.2. The number of amides is 1. The van der Waals surface area contributed by atoms with Gasteiger partial charge in [-0.15, -0.1) is 0 Å². The second-order valence-corrected chi connectivity index (χ2v) is 7.97. The third-order valence-corrected chi connectivity index (χ3v) is 5.50. The number of fused-ring (bicyclic) bond motifs is 1. The molecule has 2 aromatic carbocycles. The minimum atomic E-state index is -0.164. The van der Waals surface area contributed by atoms with Crippen LogP contribution in [0.3, 0.4) is 0 Å². The maximum absolute atomic E-state index is 12.8. The Kier molecular flexibility index (Phi) is 7.03. The Hall–Kier alpha value is -2.95. The minimum Gasteiger partial charge on any atom is -0.493 e. The van der Waals surface area contributed by atoms with E-state index < -0.39 is 0 Å². The number of aryl methyl sites for hydroxylation is 1. The number of aromatic nitrogens is 1. The summed E-state index contributed by atoms with van der Waals surface area (Å²) in [5.74, 6) is 1.60. The third kappa shape index (κ3) is 4.45. The first kappa shape index (κ1) is 21.8. The fraction of sp³-hybridized carbons (Fsp3) is 0.400. The molecule has 1 unspecified atom stereocenters. The van der Waals surface area contributed by atoms with E-state index in [1.54, 1.807) is 14.2 Å². The molecule has 160 valence electrons. The second-order valence-electron chi connectivity index (χ2n) is 7.97. The van der Waals surface area contributed by atoms with E-state index in [-0.39, 0.29) is 11.8 Å². The molecule has 0 aliphatic heterocycles. The first-order valence-corrected chi connectivity index (χ1v) is 10.6. The highest BCUT2D eigenvalue weighted by molar-refractivity contribution is 5.88. The molecule has 0 aliphatic rings. The van der Waals surface area contributed by atoms with Gasteiger partial charge in [0.25, 0.3) is 0 Å². The van der Waals surface area contributed by atoms with Crippen LogP contribution >= 0.6 is 0 Å². The topological polar surface area (TPSA) is 63.4 Å². The molecule has 1 aromatic heterocycles. The molecule has 1 heterocycles. The lowest BCUT2D eigenvalue weighted by molar-refractivity contribution is -0.121. The highest BCUT2D eigenvalue weighted by atomic mass is 16.5. The predicted octanol–water partition coefficient (Wildman–Crippen LogP) is 5.04. The van der Waals surface area contributed by atoms with E-state index in [2.05, 4.69) is 49.3 Å². The molecule has 0 bridgehead atoms. The van der Waals surface area contributed by atoms with Crippen molar-refractivity contribution in [3.63, 3.8) is 0 Å². The van der Waals surface area contributed by atoms with Crippen molar-refractivity contribution in [2.75, 3.05) is 20.8 Å². The van der Waals surface area contributed by atoms with Crippen LogP contribution in [0.5, 0.6) is 11.5 Å². The number of carbonyl (C=O) groups is 1. The van der Waals surface area contributed by atoms with E-state index >= 15 is 0 Å². The Morgan fingerprint density at radius 1 is 1.07 bits per heavy atom. The van der Waals surface area contributed by atoms with Gasteiger partial charge >= 0.3 is 0 Å². The number of carbonyl (C=O) groups excluding carboxylic acids is 1. The Morgan fingerprint density at radius 3 is 2.50 bits per heavy atom. The zero-order valence-corrected chi connectivity index (χ0v) is 18.5. The first-order valence-electron chi connectivity index (χ1n) is 10.6. The number of hydrogen-bond acceptors (Lipinski definition) is 3. The molecular formula is C25H32N2O3.